The van der Waals surface area contributed by atoms with Gasteiger partial charge in [-0.3, -0.25) is 4.68 Å². The Labute approximate surface area is 213 Å². The first-order chi connectivity index (χ1) is 17.3. The molecule has 9 nitrogen and oxygen atoms in total. The van der Waals surface area contributed by atoms with Crippen LogP contribution in [0.3, 0.4) is 0 Å². The van der Waals surface area contributed by atoms with Crippen molar-refractivity contribution in [3.05, 3.63) is 60.8 Å². The van der Waals surface area contributed by atoms with E-state index in [-0.39, 0.29) is 12.1 Å². The molecule has 1 saturated heterocycles. The SMILES string of the molecule is CC(C)(C)OC(=O)N1CCC[C@H](n2cc(-c3cc(Sc4ccccn4)c4c(C#N)cnn4c3)cn2)C1. The Hall–Kier alpha value is -3.84. The molecule has 0 bridgehead atoms. The molecule has 0 aromatic carbocycles. The van der Waals surface area contributed by atoms with Gasteiger partial charge in [-0.1, -0.05) is 17.8 Å². The molecule has 0 aliphatic carbocycles. The minimum absolute atomic E-state index is 0.0704. The molecular weight excluding hydrogens is 474 g/mol. The highest BCUT2D eigenvalue weighted by molar-refractivity contribution is 7.99. The first-order valence-electron chi connectivity index (χ1n) is 11.8. The fourth-order valence-corrected chi connectivity index (χ4v) is 5.24. The Bertz CT molecular complexity index is 1430. The van der Waals surface area contributed by atoms with Crippen LogP contribution in [-0.2, 0) is 4.74 Å². The molecule has 5 rings (SSSR count). The van der Waals surface area contributed by atoms with E-state index in [0.29, 0.717) is 18.7 Å². The lowest BCUT2D eigenvalue weighted by molar-refractivity contribution is 0.0167. The number of hydrogen-bond acceptors (Lipinski definition) is 7. The van der Waals surface area contributed by atoms with Crippen molar-refractivity contribution in [3.8, 4) is 17.2 Å². The van der Waals surface area contributed by atoms with E-state index in [9.17, 15) is 10.1 Å². The summed E-state index contributed by atoms with van der Waals surface area (Å²) < 4.78 is 9.24. The quantitative estimate of drug-likeness (QED) is 0.379. The second kappa shape index (κ2) is 9.66. The van der Waals surface area contributed by atoms with E-state index in [1.165, 1.54) is 11.8 Å². The van der Waals surface area contributed by atoms with Gasteiger partial charge in [0.25, 0.3) is 0 Å². The monoisotopic (exact) mass is 501 g/mol. The predicted molar refractivity (Wildman–Crippen MR) is 136 cm³/mol. The van der Waals surface area contributed by atoms with E-state index in [4.69, 9.17) is 4.74 Å². The topological polar surface area (TPSA) is 101 Å². The second-order valence-corrected chi connectivity index (χ2v) is 10.8. The van der Waals surface area contributed by atoms with Crippen LogP contribution in [0.1, 0.15) is 45.2 Å². The highest BCUT2D eigenvalue weighted by Gasteiger charge is 2.29. The molecule has 1 aliphatic heterocycles. The molecule has 1 fully saturated rings. The molecule has 4 aromatic heterocycles. The van der Waals surface area contributed by atoms with Gasteiger partial charge in [-0.25, -0.2) is 14.3 Å². The molecule has 0 unspecified atom stereocenters. The smallest absolute Gasteiger partial charge is 0.410 e. The highest BCUT2D eigenvalue weighted by atomic mass is 32.2. The lowest BCUT2D eigenvalue weighted by atomic mass is 10.1. The number of nitriles is 1. The van der Waals surface area contributed by atoms with E-state index in [1.807, 2.05) is 68.3 Å². The summed E-state index contributed by atoms with van der Waals surface area (Å²) in [6.07, 6.45) is 10.6. The third-order valence-electron chi connectivity index (χ3n) is 5.91. The number of ether oxygens (including phenoxy) is 1. The van der Waals surface area contributed by atoms with E-state index >= 15 is 0 Å². The zero-order chi connectivity index (χ0) is 25.3. The molecule has 1 amide bonds. The van der Waals surface area contributed by atoms with Crippen LogP contribution in [-0.4, -0.2) is 54.1 Å². The number of carbonyl (C=O) groups excluding carboxylic acids is 1. The third kappa shape index (κ3) is 5.06. The third-order valence-corrected chi connectivity index (χ3v) is 6.89. The van der Waals surface area contributed by atoms with Gasteiger partial charge in [-0.05, 0) is 51.8 Å². The largest absolute Gasteiger partial charge is 0.444 e. The van der Waals surface area contributed by atoms with Gasteiger partial charge in [-0.15, -0.1) is 0 Å². The van der Waals surface area contributed by atoms with Crippen LogP contribution in [0.25, 0.3) is 16.6 Å². The summed E-state index contributed by atoms with van der Waals surface area (Å²) in [7, 11) is 0. The lowest BCUT2D eigenvalue weighted by Crippen LogP contribution is -2.43. The molecule has 10 heteroatoms. The summed E-state index contributed by atoms with van der Waals surface area (Å²) in [5.74, 6) is 0. The molecule has 36 heavy (non-hydrogen) atoms. The van der Waals surface area contributed by atoms with Crippen LogP contribution in [0.4, 0.5) is 4.79 Å². The molecule has 1 aliphatic rings. The Balaban J connectivity index is 1.43. The second-order valence-electron chi connectivity index (χ2n) is 9.76. The normalized spacial score (nSPS) is 16.2. The number of fused-ring (bicyclic) bond motifs is 1. The molecule has 5 heterocycles. The Kier molecular flexibility index (Phi) is 6.41. The van der Waals surface area contributed by atoms with Gasteiger partial charge in [0.2, 0.25) is 0 Å². The lowest BCUT2D eigenvalue weighted by Gasteiger charge is -2.34. The summed E-state index contributed by atoms with van der Waals surface area (Å²) in [4.78, 5) is 19.7. The Morgan fingerprint density at radius 2 is 2.06 bits per heavy atom. The van der Waals surface area contributed by atoms with Gasteiger partial charge in [0.05, 0.1) is 29.5 Å². The average Bonchev–Trinajstić information content (AvgIpc) is 3.51. The van der Waals surface area contributed by atoms with Crippen molar-refractivity contribution in [2.75, 3.05) is 13.1 Å². The summed E-state index contributed by atoms with van der Waals surface area (Å²) in [6, 6.07) is 10.1. The van der Waals surface area contributed by atoms with Crippen molar-refractivity contribution in [2.24, 2.45) is 0 Å². The number of pyridine rings is 2. The zero-order valence-electron chi connectivity index (χ0n) is 20.5. The first-order valence-corrected chi connectivity index (χ1v) is 12.7. The van der Waals surface area contributed by atoms with Crippen molar-refractivity contribution >= 4 is 23.4 Å². The van der Waals surface area contributed by atoms with E-state index in [0.717, 1.165) is 39.4 Å². The van der Waals surface area contributed by atoms with E-state index < -0.39 is 5.60 Å². The first kappa shape index (κ1) is 23.9. The van der Waals surface area contributed by atoms with Crippen molar-refractivity contribution < 1.29 is 9.53 Å². The van der Waals surface area contributed by atoms with E-state index in [2.05, 4.69) is 21.3 Å². The number of likely N-dealkylation sites (tertiary alicyclic amines) is 1. The number of rotatable bonds is 4. The maximum Gasteiger partial charge on any atom is 0.410 e. The maximum absolute atomic E-state index is 12.6. The Morgan fingerprint density at radius 1 is 1.19 bits per heavy atom. The van der Waals surface area contributed by atoms with Crippen LogP contribution in [0.15, 0.2) is 65.2 Å². The fourth-order valence-electron chi connectivity index (χ4n) is 4.27. The van der Waals surface area contributed by atoms with Gasteiger partial charge in [0, 0.05) is 47.7 Å². The molecular formula is C26H27N7O2S. The number of carbonyl (C=O) groups is 1. The summed E-state index contributed by atoms with van der Waals surface area (Å²) in [6.45, 7) is 6.87. The van der Waals surface area contributed by atoms with Crippen LogP contribution >= 0.6 is 11.8 Å². The molecule has 0 saturated carbocycles. The number of aromatic nitrogens is 5. The zero-order valence-corrected chi connectivity index (χ0v) is 21.3. The molecule has 0 radical (unpaired) electrons. The van der Waals surface area contributed by atoms with Gasteiger partial charge < -0.3 is 9.64 Å². The van der Waals surface area contributed by atoms with Crippen LogP contribution in [0.2, 0.25) is 0 Å². The summed E-state index contributed by atoms with van der Waals surface area (Å²) in [5.41, 5.74) is 2.61. The summed E-state index contributed by atoms with van der Waals surface area (Å²) >= 11 is 1.49. The summed E-state index contributed by atoms with van der Waals surface area (Å²) in [5, 5.41) is 19.5. The molecule has 184 valence electrons. The van der Waals surface area contributed by atoms with Crippen molar-refractivity contribution in [2.45, 2.75) is 55.2 Å². The predicted octanol–water partition coefficient (Wildman–Crippen LogP) is 5.19. The van der Waals surface area contributed by atoms with Gasteiger partial charge in [0.15, 0.2) is 0 Å². The average molecular weight is 502 g/mol. The molecule has 4 aromatic rings. The number of amides is 1. The fraction of sp³-hybridized carbons (Fsp3) is 0.346. The minimum atomic E-state index is -0.523. The van der Waals surface area contributed by atoms with E-state index in [1.54, 1.807) is 21.8 Å². The Morgan fingerprint density at radius 3 is 2.81 bits per heavy atom. The van der Waals surface area contributed by atoms with Crippen LogP contribution in [0, 0.1) is 11.3 Å². The molecule has 1 atom stereocenters. The maximum atomic E-state index is 12.6. The number of piperidine rings is 1. The standard InChI is InChI=1S/C26H27N7O2S/c1-26(2,3)35-25(34)31-10-6-7-21(17-31)32-16-20(14-29-32)18-11-22(36-23-8-4-5-9-28-23)24-19(12-27)13-30-33(24)15-18/h4-5,8-9,11,13-16,21H,6-7,10,17H2,1-3H3/t21-/m0/s1. The van der Waals surface area contributed by atoms with Crippen molar-refractivity contribution in [1.29, 1.82) is 5.26 Å². The van der Waals surface area contributed by atoms with Crippen molar-refractivity contribution in [1.82, 2.24) is 29.3 Å². The molecule has 0 N–H and O–H groups in total. The van der Waals surface area contributed by atoms with Crippen LogP contribution in [0.5, 0.6) is 0 Å². The van der Waals surface area contributed by atoms with Gasteiger partial charge in [0.1, 0.15) is 16.7 Å². The minimum Gasteiger partial charge on any atom is -0.444 e. The van der Waals surface area contributed by atoms with Crippen molar-refractivity contribution in [3.63, 3.8) is 0 Å². The van der Waals surface area contributed by atoms with Gasteiger partial charge >= 0.3 is 6.09 Å². The highest BCUT2D eigenvalue weighted by Crippen LogP contribution is 2.35. The molecule has 0 spiro atoms. The number of nitrogens with zero attached hydrogens (tertiary/aromatic N) is 7. The number of hydrogen-bond donors (Lipinski definition) is 0. The van der Waals surface area contributed by atoms with Crippen LogP contribution < -0.4 is 0 Å². The van der Waals surface area contributed by atoms with Gasteiger partial charge in [-0.2, -0.15) is 15.5 Å².